The van der Waals surface area contributed by atoms with Crippen LogP contribution in [0.1, 0.15) is 25.3 Å². The number of rotatable bonds is 4. The van der Waals surface area contributed by atoms with Crippen molar-refractivity contribution in [3.63, 3.8) is 0 Å². The molecule has 15 heavy (non-hydrogen) atoms. The predicted octanol–water partition coefficient (Wildman–Crippen LogP) is 2.31. The summed E-state index contributed by atoms with van der Waals surface area (Å²) in [7, 11) is 0. The minimum atomic E-state index is -0.155. The van der Waals surface area contributed by atoms with E-state index in [-0.39, 0.29) is 6.03 Å². The number of hydrogen-bond donors (Lipinski definition) is 2. The Morgan fingerprint density at radius 3 is 3.00 bits per heavy atom. The van der Waals surface area contributed by atoms with Gasteiger partial charge in [-0.15, -0.1) is 0 Å². The topological polar surface area (TPSA) is 54.0 Å². The average Bonchev–Trinajstić information content (AvgIpc) is 2.22. The van der Waals surface area contributed by atoms with E-state index in [9.17, 15) is 4.79 Å². The van der Waals surface area contributed by atoms with E-state index in [4.69, 9.17) is 0 Å². The minimum Gasteiger partial charge on any atom is -0.338 e. The fraction of sp³-hybridized carbons (Fsp3) is 0.455. The maximum absolute atomic E-state index is 11.4. The molecule has 82 valence electrons. The first-order valence-electron chi connectivity index (χ1n) is 5.19. The Morgan fingerprint density at radius 2 is 2.33 bits per heavy atom. The molecule has 0 saturated carbocycles. The molecule has 4 nitrogen and oxygen atoms in total. The number of nitrogens with one attached hydrogen (secondary N) is 2. The van der Waals surface area contributed by atoms with Gasteiger partial charge in [-0.25, -0.2) is 4.79 Å². The number of urea groups is 1. The Kier molecular flexibility index (Phi) is 4.60. The number of pyridine rings is 1. The molecule has 1 aromatic heterocycles. The Bertz CT molecular complexity index is 325. The fourth-order valence-electron chi connectivity index (χ4n) is 1.16. The highest BCUT2D eigenvalue weighted by Crippen LogP contribution is 2.10. The monoisotopic (exact) mass is 207 g/mol. The lowest BCUT2D eigenvalue weighted by atomic mass is 10.2. The Balaban J connectivity index is 2.41. The van der Waals surface area contributed by atoms with Gasteiger partial charge in [-0.2, -0.15) is 0 Å². The predicted molar refractivity (Wildman–Crippen MR) is 60.9 cm³/mol. The highest BCUT2D eigenvalue weighted by Gasteiger charge is 2.02. The van der Waals surface area contributed by atoms with E-state index in [0.29, 0.717) is 6.54 Å². The number of nitrogens with zero attached hydrogens (tertiary/aromatic N) is 1. The third-order valence-corrected chi connectivity index (χ3v) is 2.08. The van der Waals surface area contributed by atoms with Crippen LogP contribution < -0.4 is 10.6 Å². The molecule has 0 aliphatic carbocycles. The van der Waals surface area contributed by atoms with Gasteiger partial charge < -0.3 is 10.6 Å². The van der Waals surface area contributed by atoms with Crippen LogP contribution in [-0.4, -0.2) is 17.6 Å². The fourth-order valence-corrected chi connectivity index (χ4v) is 1.16. The van der Waals surface area contributed by atoms with Gasteiger partial charge in [0.1, 0.15) is 0 Å². The lowest BCUT2D eigenvalue weighted by molar-refractivity contribution is 0.252. The van der Waals surface area contributed by atoms with Gasteiger partial charge in [-0.05, 0) is 25.0 Å². The molecule has 0 aliphatic rings. The number of aryl methyl sites for hydroxylation is 1. The van der Waals surface area contributed by atoms with Gasteiger partial charge in [-0.3, -0.25) is 4.98 Å². The van der Waals surface area contributed by atoms with Gasteiger partial charge in [0.15, 0.2) is 0 Å². The molecule has 0 atom stereocenters. The van der Waals surface area contributed by atoms with E-state index < -0.39 is 0 Å². The number of amides is 2. The second-order valence-electron chi connectivity index (χ2n) is 3.43. The molecule has 0 aromatic carbocycles. The summed E-state index contributed by atoms with van der Waals surface area (Å²) in [6.45, 7) is 4.72. The van der Waals surface area contributed by atoms with Crippen LogP contribution in [0.5, 0.6) is 0 Å². The minimum absolute atomic E-state index is 0.155. The second kappa shape index (κ2) is 6.01. The molecule has 0 spiro atoms. The number of carbonyl (C=O) groups excluding carboxylic acids is 1. The van der Waals surface area contributed by atoms with Crippen LogP contribution in [0.3, 0.4) is 0 Å². The maximum atomic E-state index is 11.4. The lowest BCUT2D eigenvalue weighted by Gasteiger charge is -2.08. The Morgan fingerprint density at radius 1 is 1.53 bits per heavy atom. The van der Waals surface area contributed by atoms with Gasteiger partial charge in [0.2, 0.25) is 0 Å². The van der Waals surface area contributed by atoms with Crippen molar-refractivity contribution < 1.29 is 4.79 Å². The van der Waals surface area contributed by atoms with Gasteiger partial charge in [0.25, 0.3) is 0 Å². The standard InChI is InChI=1S/C11H17N3O/c1-3-4-6-13-11(15)14-10-5-7-12-8-9(10)2/h5,7-8H,3-4,6H2,1-2H3,(H2,12,13,14,15). The highest BCUT2D eigenvalue weighted by atomic mass is 16.2. The zero-order valence-corrected chi connectivity index (χ0v) is 9.21. The van der Waals surface area contributed by atoms with Crippen molar-refractivity contribution in [2.75, 3.05) is 11.9 Å². The summed E-state index contributed by atoms with van der Waals surface area (Å²) >= 11 is 0. The van der Waals surface area contributed by atoms with Crippen LogP contribution in [0.2, 0.25) is 0 Å². The molecule has 0 radical (unpaired) electrons. The SMILES string of the molecule is CCCCNC(=O)Nc1ccncc1C. The normalized spacial score (nSPS) is 9.73. The van der Waals surface area contributed by atoms with E-state index in [1.807, 2.05) is 6.92 Å². The Labute approximate surface area is 90.1 Å². The van der Waals surface area contributed by atoms with E-state index in [0.717, 1.165) is 24.1 Å². The molecule has 4 heteroatoms. The molecule has 2 N–H and O–H groups in total. The summed E-state index contributed by atoms with van der Waals surface area (Å²) in [6.07, 6.45) is 5.47. The quantitative estimate of drug-likeness (QED) is 0.744. The first-order valence-corrected chi connectivity index (χ1v) is 5.19. The molecule has 0 aliphatic heterocycles. The van der Waals surface area contributed by atoms with Gasteiger partial charge in [0.05, 0.1) is 0 Å². The molecule has 0 saturated heterocycles. The third kappa shape index (κ3) is 3.97. The third-order valence-electron chi connectivity index (χ3n) is 2.08. The molecular weight excluding hydrogens is 190 g/mol. The zero-order valence-electron chi connectivity index (χ0n) is 9.21. The molecule has 0 fully saturated rings. The van der Waals surface area contributed by atoms with Crippen molar-refractivity contribution in [1.82, 2.24) is 10.3 Å². The smallest absolute Gasteiger partial charge is 0.319 e. The number of carbonyl (C=O) groups is 1. The zero-order chi connectivity index (χ0) is 11.1. The van der Waals surface area contributed by atoms with Crippen LogP contribution in [-0.2, 0) is 0 Å². The van der Waals surface area contributed by atoms with Gasteiger partial charge in [0, 0.05) is 24.6 Å². The van der Waals surface area contributed by atoms with Crippen molar-refractivity contribution in [1.29, 1.82) is 0 Å². The first kappa shape index (κ1) is 11.5. The molecule has 0 unspecified atom stereocenters. The van der Waals surface area contributed by atoms with E-state index in [1.54, 1.807) is 18.5 Å². The van der Waals surface area contributed by atoms with E-state index >= 15 is 0 Å². The molecule has 0 bridgehead atoms. The van der Waals surface area contributed by atoms with Crippen molar-refractivity contribution in [3.05, 3.63) is 24.0 Å². The molecule has 1 rings (SSSR count). The van der Waals surface area contributed by atoms with Crippen molar-refractivity contribution in [2.45, 2.75) is 26.7 Å². The summed E-state index contributed by atoms with van der Waals surface area (Å²) in [4.78, 5) is 15.4. The second-order valence-corrected chi connectivity index (χ2v) is 3.43. The largest absolute Gasteiger partial charge is 0.338 e. The summed E-state index contributed by atoms with van der Waals surface area (Å²) in [5.41, 5.74) is 1.77. The molecule has 1 heterocycles. The summed E-state index contributed by atoms with van der Waals surface area (Å²) in [6, 6.07) is 1.63. The number of unbranched alkanes of at least 4 members (excludes halogenated alkanes) is 1. The van der Waals surface area contributed by atoms with Gasteiger partial charge in [-0.1, -0.05) is 13.3 Å². The van der Waals surface area contributed by atoms with Gasteiger partial charge >= 0.3 is 6.03 Å². The summed E-state index contributed by atoms with van der Waals surface area (Å²) in [5, 5.41) is 5.57. The molecule has 2 amide bonds. The average molecular weight is 207 g/mol. The van der Waals surface area contributed by atoms with Crippen molar-refractivity contribution >= 4 is 11.7 Å². The van der Waals surface area contributed by atoms with Crippen LogP contribution >= 0.6 is 0 Å². The Hall–Kier alpha value is -1.58. The number of anilines is 1. The van der Waals surface area contributed by atoms with E-state index in [2.05, 4.69) is 22.5 Å². The molecular formula is C11H17N3O. The van der Waals surface area contributed by atoms with Crippen LogP contribution in [0.25, 0.3) is 0 Å². The summed E-state index contributed by atoms with van der Waals surface area (Å²) in [5.74, 6) is 0. The highest BCUT2D eigenvalue weighted by molar-refractivity contribution is 5.89. The van der Waals surface area contributed by atoms with E-state index in [1.165, 1.54) is 0 Å². The molecule has 1 aromatic rings. The van der Waals surface area contributed by atoms with Crippen LogP contribution in [0, 0.1) is 6.92 Å². The number of hydrogen-bond acceptors (Lipinski definition) is 2. The van der Waals surface area contributed by atoms with Crippen molar-refractivity contribution in [3.8, 4) is 0 Å². The lowest BCUT2D eigenvalue weighted by Crippen LogP contribution is -2.29. The maximum Gasteiger partial charge on any atom is 0.319 e. The van der Waals surface area contributed by atoms with Crippen LogP contribution in [0.4, 0.5) is 10.5 Å². The first-order chi connectivity index (χ1) is 7.24. The van der Waals surface area contributed by atoms with Crippen molar-refractivity contribution in [2.24, 2.45) is 0 Å². The summed E-state index contributed by atoms with van der Waals surface area (Å²) < 4.78 is 0. The van der Waals surface area contributed by atoms with Crippen LogP contribution in [0.15, 0.2) is 18.5 Å². The number of aromatic nitrogens is 1.